The summed E-state index contributed by atoms with van der Waals surface area (Å²) in [6, 6.07) is 7.67. The molecule has 1 rings (SSSR count). The molecule has 8 nitrogen and oxygen atoms in total. The number of carbonyl (C=O) groups is 2. The monoisotopic (exact) mass is 395 g/mol. The standard InChI is InChI=1S/C18H27NO3.C2H2O4/c1-4-11-19(12-5-2)13-14-20-15-16-22-18-10-8-7-9-17(18)21-6-3;3-1(4)2(5)6/h4-5,7-10H,1-2,6,11-16H2,3H3;(H,3,4)(H,5,6). The zero-order valence-corrected chi connectivity index (χ0v) is 16.2. The molecule has 156 valence electrons. The van der Waals surface area contributed by atoms with Crippen LogP contribution in [0.5, 0.6) is 11.5 Å². The Balaban J connectivity index is 0.00000105. The van der Waals surface area contributed by atoms with E-state index in [4.69, 9.17) is 34.0 Å². The number of carboxylic acids is 2. The van der Waals surface area contributed by atoms with Gasteiger partial charge >= 0.3 is 11.9 Å². The summed E-state index contributed by atoms with van der Waals surface area (Å²) >= 11 is 0. The molecular formula is C20H29NO7. The molecule has 0 saturated carbocycles. The molecule has 0 spiro atoms. The van der Waals surface area contributed by atoms with E-state index in [0.29, 0.717) is 26.4 Å². The summed E-state index contributed by atoms with van der Waals surface area (Å²) < 4.78 is 16.8. The quantitative estimate of drug-likeness (QED) is 0.298. The van der Waals surface area contributed by atoms with Crippen LogP contribution in [-0.2, 0) is 14.3 Å². The van der Waals surface area contributed by atoms with Crippen molar-refractivity contribution in [3.63, 3.8) is 0 Å². The number of rotatable bonds is 13. The molecule has 0 aromatic heterocycles. The van der Waals surface area contributed by atoms with Gasteiger partial charge in [-0.1, -0.05) is 24.3 Å². The predicted octanol–water partition coefficient (Wildman–Crippen LogP) is 2.31. The van der Waals surface area contributed by atoms with Crippen molar-refractivity contribution in [1.82, 2.24) is 4.90 Å². The molecule has 0 fully saturated rings. The van der Waals surface area contributed by atoms with Gasteiger partial charge in [0, 0.05) is 19.6 Å². The highest BCUT2D eigenvalue weighted by atomic mass is 16.5. The lowest BCUT2D eigenvalue weighted by atomic mass is 10.3. The number of para-hydroxylation sites is 2. The molecule has 1 aromatic rings. The van der Waals surface area contributed by atoms with Gasteiger partial charge in [-0.15, -0.1) is 13.2 Å². The van der Waals surface area contributed by atoms with Gasteiger partial charge < -0.3 is 24.4 Å². The number of aliphatic carboxylic acids is 2. The molecule has 0 bridgehead atoms. The molecule has 0 atom stereocenters. The molecule has 0 radical (unpaired) electrons. The van der Waals surface area contributed by atoms with E-state index in [1.165, 1.54) is 0 Å². The number of benzene rings is 1. The van der Waals surface area contributed by atoms with Crippen LogP contribution in [0.1, 0.15) is 6.92 Å². The van der Waals surface area contributed by atoms with Gasteiger partial charge in [-0.05, 0) is 19.1 Å². The normalized spacial score (nSPS) is 9.79. The number of ether oxygens (including phenoxy) is 3. The Labute approximate surface area is 165 Å². The minimum absolute atomic E-state index is 0.507. The van der Waals surface area contributed by atoms with Gasteiger partial charge in [0.15, 0.2) is 11.5 Å². The third-order valence-electron chi connectivity index (χ3n) is 3.14. The second kappa shape index (κ2) is 16.3. The first-order valence-electron chi connectivity index (χ1n) is 8.78. The fourth-order valence-corrected chi connectivity index (χ4v) is 1.97. The van der Waals surface area contributed by atoms with E-state index in [0.717, 1.165) is 31.1 Å². The largest absolute Gasteiger partial charge is 0.490 e. The van der Waals surface area contributed by atoms with E-state index in [1.54, 1.807) is 0 Å². The maximum atomic E-state index is 9.10. The molecule has 0 aliphatic carbocycles. The van der Waals surface area contributed by atoms with E-state index in [1.807, 2.05) is 43.3 Å². The molecule has 0 aliphatic heterocycles. The van der Waals surface area contributed by atoms with Crippen LogP contribution in [0.2, 0.25) is 0 Å². The Hall–Kier alpha value is -2.84. The maximum absolute atomic E-state index is 9.10. The van der Waals surface area contributed by atoms with Crippen molar-refractivity contribution in [3.8, 4) is 11.5 Å². The summed E-state index contributed by atoms with van der Waals surface area (Å²) in [7, 11) is 0. The Morgan fingerprint density at radius 2 is 1.50 bits per heavy atom. The van der Waals surface area contributed by atoms with Crippen molar-refractivity contribution in [2.24, 2.45) is 0 Å². The second-order valence-corrected chi connectivity index (χ2v) is 5.29. The predicted molar refractivity (Wildman–Crippen MR) is 106 cm³/mol. The highest BCUT2D eigenvalue weighted by molar-refractivity contribution is 6.27. The first kappa shape index (κ1) is 25.2. The Bertz CT molecular complexity index is 582. The summed E-state index contributed by atoms with van der Waals surface area (Å²) in [5.41, 5.74) is 0. The fraction of sp³-hybridized carbons (Fsp3) is 0.400. The molecule has 1 aromatic carbocycles. The molecule has 0 unspecified atom stereocenters. The Kier molecular flexibility index (Phi) is 14.7. The van der Waals surface area contributed by atoms with Crippen molar-refractivity contribution in [2.75, 3.05) is 46.1 Å². The minimum atomic E-state index is -1.82. The summed E-state index contributed by atoms with van der Waals surface area (Å²) in [6.45, 7) is 14.3. The van der Waals surface area contributed by atoms with Crippen LogP contribution >= 0.6 is 0 Å². The van der Waals surface area contributed by atoms with Crippen molar-refractivity contribution in [3.05, 3.63) is 49.6 Å². The van der Waals surface area contributed by atoms with Crippen LogP contribution in [0.4, 0.5) is 0 Å². The number of nitrogens with zero attached hydrogens (tertiary/aromatic N) is 1. The molecule has 0 aliphatic rings. The first-order chi connectivity index (χ1) is 13.5. The summed E-state index contributed by atoms with van der Waals surface area (Å²) in [5.74, 6) is -2.12. The van der Waals surface area contributed by atoms with Gasteiger partial charge in [0.1, 0.15) is 6.61 Å². The van der Waals surface area contributed by atoms with E-state index in [9.17, 15) is 0 Å². The van der Waals surface area contributed by atoms with E-state index in [-0.39, 0.29) is 0 Å². The van der Waals surface area contributed by atoms with Crippen LogP contribution in [0.3, 0.4) is 0 Å². The van der Waals surface area contributed by atoms with Gasteiger partial charge in [0.25, 0.3) is 0 Å². The molecular weight excluding hydrogens is 366 g/mol. The number of carboxylic acid groups (broad SMARTS) is 2. The Morgan fingerprint density at radius 3 is 1.96 bits per heavy atom. The fourth-order valence-electron chi connectivity index (χ4n) is 1.97. The molecule has 2 N–H and O–H groups in total. The zero-order valence-electron chi connectivity index (χ0n) is 16.2. The smallest absolute Gasteiger partial charge is 0.414 e. The lowest BCUT2D eigenvalue weighted by Gasteiger charge is -2.18. The van der Waals surface area contributed by atoms with Gasteiger partial charge in [-0.3, -0.25) is 4.90 Å². The van der Waals surface area contributed by atoms with Crippen molar-refractivity contribution < 1.29 is 34.0 Å². The highest BCUT2D eigenvalue weighted by Crippen LogP contribution is 2.26. The van der Waals surface area contributed by atoms with Crippen LogP contribution in [0.25, 0.3) is 0 Å². The van der Waals surface area contributed by atoms with Gasteiger partial charge in [0.05, 0.1) is 19.8 Å². The third kappa shape index (κ3) is 12.5. The van der Waals surface area contributed by atoms with E-state index < -0.39 is 11.9 Å². The first-order valence-corrected chi connectivity index (χ1v) is 8.78. The molecule has 28 heavy (non-hydrogen) atoms. The average Bonchev–Trinajstić information content (AvgIpc) is 2.66. The van der Waals surface area contributed by atoms with Crippen LogP contribution in [0, 0.1) is 0 Å². The van der Waals surface area contributed by atoms with Crippen LogP contribution in [0.15, 0.2) is 49.6 Å². The van der Waals surface area contributed by atoms with E-state index >= 15 is 0 Å². The third-order valence-corrected chi connectivity index (χ3v) is 3.14. The summed E-state index contributed by atoms with van der Waals surface area (Å²) in [4.78, 5) is 20.4. The topological polar surface area (TPSA) is 106 Å². The Morgan fingerprint density at radius 1 is 0.964 bits per heavy atom. The summed E-state index contributed by atoms with van der Waals surface area (Å²) in [6.07, 6.45) is 3.77. The molecule has 8 heteroatoms. The van der Waals surface area contributed by atoms with Crippen LogP contribution < -0.4 is 9.47 Å². The number of hydrogen-bond donors (Lipinski definition) is 2. The van der Waals surface area contributed by atoms with Crippen LogP contribution in [-0.4, -0.2) is 73.1 Å². The molecule has 0 heterocycles. The average molecular weight is 395 g/mol. The molecule has 0 amide bonds. The summed E-state index contributed by atoms with van der Waals surface area (Å²) in [5, 5.41) is 14.8. The number of hydrogen-bond acceptors (Lipinski definition) is 6. The van der Waals surface area contributed by atoms with Gasteiger partial charge in [-0.2, -0.15) is 0 Å². The SMILES string of the molecule is C=CCN(CC=C)CCOCCOc1ccccc1OCC.O=C(O)C(=O)O. The van der Waals surface area contributed by atoms with Crippen molar-refractivity contribution in [2.45, 2.75) is 6.92 Å². The van der Waals surface area contributed by atoms with Crippen molar-refractivity contribution in [1.29, 1.82) is 0 Å². The minimum Gasteiger partial charge on any atom is -0.490 e. The van der Waals surface area contributed by atoms with Crippen molar-refractivity contribution >= 4 is 11.9 Å². The highest BCUT2D eigenvalue weighted by Gasteiger charge is 2.04. The molecule has 0 saturated heterocycles. The maximum Gasteiger partial charge on any atom is 0.414 e. The second-order valence-electron chi connectivity index (χ2n) is 5.29. The zero-order chi connectivity index (χ0) is 21.2. The van der Waals surface area contributed by atoms with Gasteiger partial charge in [-0.25, -0.2) is 9.59 Å². The van der Waals surface area contributed by atoms with Gasteiger partial charge in [0.2, 0.25) is 0 Å². The van der Waals surface area contributed by atoms with E-state index in [2.05, 4.69) is 18.1 Å². The lowest BCUT2D eigenvalue weighted by molar-refractivity contribution is -0.159. The lowest BCUT2D eigenvalue weighted by Crippen LogP contribution is -2.28.